The van der Waals surface area contributed by atoms with Crippen molar-refractivity contribution in [1.82, 2.24) is 15.1 Å². The summed E-state index contributed by atoms with van der Waals surface area (Å²) in [7, 11) is 0. The molecule has 106 valence electrons. The fourth-order valence-electron chi connectivity index (χ4n) is 2.69. The van der Waals surface area contributed by atoms with E-state index in [0.717, 1.165) is 0 Å². The van der Waals surface area contributed by atoms with Gasteiger partial charge < -0.3 is 25.3 Å². The number of hydrogen-bond acceptors (Lipinski definition) is 4. The largest absolute Gasteiger partial charge is 0.507 e. The molecule has 20 heavy (non-hydrogen) atoms. The minimum absolute atomic E-state index is 0.0480. The van der Waals surface area contributed by atoms with Gasteiger partial charge in [-0.3, -0.25) is 4.79 Å². The topological polar surface area (TPSA) is 93.1 Å². The maximum absolute atomic E-state index is 12.4. The molecule has 3 amide bonds. The number of phenols is 2. The van der Waals surface area contributed by atoms with Crippen LogP contribution in [0.5, 0.6) is 11.5 Å². The molecule has 1 aromatic rings. The Morgan fingerprint density at radius 1 is 1.25 bits per heavy atom. The van der Waals surface area contributed by atoms with Gasteiger partial charge in [0, 0.05) is 26.2 Å². The number of fused-ring (bicyclic) bond motifs is 1. The summed E-state index contributed by atoms with van der Waals surface area (Å²) < 4.78 is 0. The Morgan fingerprint density at radius 3 is 2.65 bits per heavy atom. The molecule has 2 heterocycles. The number of carbonyl (C=O) groups is 2. The SMILES string of the molecule is O=C(c1c(O)cccc1O)N1CCN2C(=O)NCC2C1. The maximum atomic E-state index is 12.4. The van der Waals surface area contributed by atoms with Gasteiger partial charge in [0.15, 0.2) is 0 Å². The minimum Gasteiger partial charge on any atom is -0.507 e. The fourth-order valence-corrected chi connectivity index (χ4v) is 2.69. The lowest BCUT2D eigenvalue weighted by molar-refractivity contribution is 0.0611. The van der Waals surface area contributed by atoms with E-state index in [9.17, 15) is 19.8 Å². The predicted molar refractivity (Wildman–Crippen MR) is 69.6 cm³/mol. The zero-order valence-electron chi connectivity index (χ0n) is 10.7. The van der Waals surface area contributed by atoms with Crippen LogP contribution >= 0.6 is 0 Å². The standard InChI is InChI=1S/C13H15N3O4/c17-9-2-1-3-10(18)11(9)12(19)15-4-5-16-8(7-15)6-14-13(16)20/h1-3,8,17-18H,4-7H2,(H,14,20). The summed E-state index contributed by atoms with van der Waals surface area (Å²) in [4.78, 5) is 27.1. The van der Waals surface area contributed by atoms with Crippen LogP contribution in [0.3, 0.4) is 0 Å². The van der Waals surface area contributed by atoms with Gasteiger partial charge in [-0.05, 0) is 12.1 Å². The first-order valence-electron chi connectivity index (χ1n) is 6.42. The predicted octanol–water partition coefficient (Wildman–Crippen LogP) is -0.0526. The highest BCUT2D eigenvalue weighted by Gasteiger charge is 2.37. The van der Waals surface area contributed by atoms with Crippen LogP contribution in [0.4, 0.5) is 4.79 Å². The van der Waals surface area contributed by atoms with E-state index in [-0.39, 0.29) is 29.1 Å². The molecule has 3 rings (SSSR count). The molecular weight excluding hydrogens is 262 g/mol. The quantitative estimate of drug-likeness (QED) is 0.671. The zero-order chi connectivity index (χ0) is 14.3. The van der Waals surface area contributed by atoms with Crippen molar-refractivity contribution >= 4 is 11.9 Å². The fraction of sp³-hybridized carbons (Fsp3) is 0.385. The first-order valence-corrected chi connectivity index (χ1v) is 6.42. The van der Waals surface area contributed by atoms with Gasteiger partial charge >= 0.3 is 6.03 Å². The van der Waals surface area contributed by atoms with Gasteiger partial charge in [-0.1, -0.05) is 6.07 Å². The Labute approximate surface area is 115 Å². The lowest BCUT2D eigenvalue weighted by Gasteiger charge is -2.36. The van der Waals surface area contributed by atoms with Crippen LogP contribution in [0.25, 0.3) is 0 Å². The van der Waals surface area contributed by atoms with Gasteiger partial charge in [0.25, 0.3) is 5.91 Å². The van der Waals surface area contributed by atoms with Crippen LogP contribution in [-0.4, -0.2) is 64.2 Å². The van der Waals surface area contributed by atoms with Crippen molar-refractivity contribution in [3.8, 4) is 11.5 Å². The summed E-state index contributed by atoms with van der Waals surface area (Å²) in [5, 5.41) is 22.2. The summed E-state index contributed by atoms with van der Waals surface area (Å²) in [6.45, 7) is 1.74. The summed E-state index contributed by atoms with van der Waals surface area (Å²) in [5.74, 6) is -0.893. The van der Waals surface area contributed by atoms with E-state index in [1.165, 1.54) is 18.2 Å². The third-order valence-corrected chi connectivity index (χ3v) is 3.75. The lowest BCUT2D eigenvalue weighted by atomic mass is 10.1. The van der Waals surface area contributed by atoms with Gasteiger partial charge in [0.1, 0.15) is 17.1 Å². The molecule has 7 nitrogen and oxygen atoms in total. The molecule has 0 radical (unpaired) electrons. The highest BCUT2D eigenvalue weighted by atomic mass is 16.3. The van der Waals surface area contributed by atoms with Crippen molar-refractivity contribution in [2.75, 3.05) is 26.2 Å². The highest BCUT2D eigenvalue weighted by molar-refractivity contribution is 5.99. The Kier molecular flexibility index (Phi) is 2.89. The number of amides is 3. The van der Waals surface area contributed by atoms with E-state index in [0.29, 0.717) is 26.2 Å². The number of rotatable bonds is 1. The third kappa shape index (κ3) is 1.91. The molecule has 0 saturated carbocycles. The molecule has 2 fully saturated rings. The first kappa shape index (κ1) is 12.6. The van der Waals surface area contributed by atoms with Crippen LogP contribution in [0.1, 0.15) is 10.4 Å². The molecule has 2 aliphatic rings. The van der Waals surface area contributed by atoms with E-state index in [1.807, 2.05) is 0 Å². The summed E-state index contributed by atoms with van der Waals surface area (Å²) in [5.41, 5.74) is -0.0850. The zero-order valence-corrected chi connectivity index (χ0v) is 10.7. The van der Waals surface area contributed by atoms with E-state index in [4.69, 9.17) is 0 Å². The van der Waals surface area contributed by atoms with Crippen molar-refractivity contribution < 1.29 is 19.8 Å². The number of hydrogen-bond donors (Lipinski definition) is 3. The molecule has 1 atom stereocenters. The minimum atomic E-state index is -0.417. The molecule has 0 spiro atoms. The van der Waals surface area contributed by atoms with Crippen LogP contribution in [-0.2, 0) is 0 Å². The summed E-state index contributed by atoms with van der Waals surface area (Å²) in [6, 6.07) is 4.05. The number of nitrogens with zero attached hydrogens (tertiary/aromatic N) is 2. The number of urea groups is 1. The molecule has 0 aromatic heterocycles. The normalized spacial score (nSPS) is 21.6. The van der Waals surface area contributed by atoms with Crippen molar-refractivity contribution in [3.63, 3.8) is 0 Å². The lowest BCUT2D eigenvalue weighted by Crippen LogP contribution is -2.53. The number of benzene rings is 1. The average Bonchev–Trinajstić information content (AvgIpc) is 2.79. The number of piperazine rings is 1. The van der Waals surface area contributed by atoms with Crippen molar-refractivity contribution in [1.29, 1.82) is 0 Å². The van der Waals surface area contributed by atoms with Crippen molar-refractivity contribution in [2.24, 2.45) is 0 Å². The number of carbonyl (C=O) groups excluding carboxylic acids is 2. The molecule has 0 bridgehead atoms. The third-order valence-electron chi connectivity index (χ3n) is 3.75. The second-order valence-electron chi connectivity index (χ2n) is 4.96. The summed E-state index contributed by atoms with van der Waals surface area (Å²) >= 11 is 0. The van der Waals surface area contributed by atoms with Gasteiger partial charge in [-0.2, -0.15) is 0 Å². The van der Waals surface area contributed by atoms with Crippen LogP contribution in [0.15, 0.2) is 18.2 Å². The molecule has 3 N–H and O–H groups in total. The Balaban J connectivity index is 1.80. The smallest absolute Gasteiger partial charge is 0.317 e. The van der Waals surface area contributed by atoms with Gasteiger partial charge in [0.2, 0.25) is 0 Å². The highest BCUT2D eigenvalue weighted by Crippen LogP contribution is 2.28. The maximum Gasteiger partial charge on any atom is 0.317 e. The second kappa shape index (κ2) is 4.59. The first-order chi connectivity index (χ1) is 9.58. The summed E-state index contributed by atoms with van der Waals surface area (Å²) in [6.07, 6.45) is 0. The van der Waals surface area contributed by atoms with E-state index in [2.05, 4.69) is 5.32 Å². The van der Waals surface area contributed by atoms with Crippen molar-refractivity contribution in [3.05, 3.63) is 23.8 Å². The van der Waals surface area contributed by atoms with Gasteiger partial charge in [-0.25, -0.2) is 4.79 Å². The number of aromatic hydroxyl groups is 2. The molecule has 7 heteroatoms. The molecule has 1 aromatic carbocycles. The molecule has 2 saturated heterocycles. The van der Waals surface area contributed by atoms with Gasteiger partial charge in [0.05, 0.1) is 6.04 Å². The molecule has 2 aliphatic heterocycles. The van der Waals surface area contributed by atoms with Crippen molar-refractivity contribution in [2.45, 2.75) is 6.04 Å². The Hall–Kier alpha value is -2.44. The van der Waals surface area contributed by atoms with Crippen LogP contribution < -0.4 is 5.32 Å². The molecule has 0 aliphatic carbocycles. The number of nitrogens with one attached hydrogen (secondary N) is 1. The molecule has 1 unspecified atom stereocenters. The number of phenolic OH excluding ortho intramolecular Hbond substituents is 2. The molecular formula is C13H15N3O4. The van der Waals surface area contributed by atoms with Crippen LogP contribution in [0, 0.1) is 0 Å². The average molecular weight is 277 g/mol. The van der Waals surface area contributed by atoms with E-state index >= 15 is 0 Å². The van der Waals surface area contributed by atoms with Crippen LogP contribution in [0.2, 0.25) is 0 Å². The van der Waals surface area contributed by atoms with Gasteiger partial charge in [-0.15, -0.1) is 0 Å². The van der Waals surface area contributed by atoms with E-state index in [1.54, 1.807) is 9.80 Å². The second-order valence-corrected chi connectivity index (χ2v) is 4.96. The van der Waals surface area contributed by atoms with E-state index < -0.39 is 5.91 Å². The Bertz CT molecular complexity index is 554. The monoisotopic (exact) mass is 277 g/mol. The Morgan fingerprint density at radius 2 is 1.95 bits per heavy atom.